The second kappa shape index (κ2) is 15.4. The highest BCUT2D eigenvalue weighted by molar-refractivity contribution is 7.29. The van der Waals surface area contributed by atoms with E-state index in [9.17, 15) is 0 Å². The summed E-state index contributed by atoms with van der Waals surface area (Å²) in [6, 6.07) is 67.5. The van der Waals surface area contributed by atoms with Crippen molar-refractivity contribution in [1.82, 2.24) is 0 Å². The minimum Gasteiger partial charge on any atom is -0.105 e. The van der Waals surface area contributed by atoms with Gasteiger partial charge in [0.2, 0.25) is 0 Å². The summed E-state index contributed by atoms with van der Waals surface area (Å²) in [5.41, 5.74) is 7.72. The van der Waals surface area contributed by atoms with E-state index in [0.717, 1.165) is 0 Å². The van der Waals surface area contributed by atoms with E-state index in [2.05, 4.69) is 188 Å². The minimum atomic E-state index is 1.23. The van der Waals surface area contributed by atoms with Crippen molar-refractivity contribution in [3.05, 3.63) is 194 Å². The summed E-state index contributed by atoms with van der Waals surface area (Å²) in [5.74, 6) is 0. The van der Waals surface area contributed by atoms with E-state index >= 15 is 0 Å². The van der Waals surface area contributed by atoms with Crippen molar-refractivity contribution in [1.29, 1.82) is 0 Å². The summed E-state index contributed by atoms with van der Waals surface area (Å²) in [7, 11) is 5.79. The van der Waals surface area contributed by atoms with Gasteiger partial charge in [0.15, 0.2) is 0 Å². The molecule has 0 saturated heterocycles. The van der Waals surface area contributed by atoms with Gasteiger partial charge in [0.05, 0.1) is 0 Å². The first-order chi connectivity index (χ1) is 22.7. The first-order valence-electron chi connectivity index (χ1n) is 15.4. The molecule has 0 aliphatic heterocycles. The molecule has 0 nitrogen and oxygen atoms in total. The lowest BCUT2D eigenvalue weighted by Crippen LogP contribution is -2.05. The fourth-order valence-corrected chi connectivity index (χ4v) is 6.45. The van der Waals surface area contributed by atoms with Crippen LogP contribution in [0.2, 0.25) is 0 Å². The number of hydrogen-bond acceptors (Lipinski definition) is 0. The van der Waals surface area contributed by atoms with Gasteiger partial charge in [-0.05, 0) is 65.5 Å². The Bertz CT molecular complexity index is 1910. The van der Waals surface area contributed by atoms with E-state index in [1.807, 2.05) is 24.3 Å². The molecule has 0 heterocycles. The Balaban J connectivity index is 0.000000132. The molecule has 0 aliphatic carbocycles. The largest absolute Gasteiger partial charge is 0.105 e. The third-order valence-electron chi connectivity index (χ3n) is 7.93. The van der Waals surface area contributed by atoms with Gasteiger partial charge >= 0.3 is 0 Å². The highest BCUT2D eigenvalue weighted by atomic mass is 31.0. The molecule has 0 radical (unpaired) electrons. The van der Waals surface area contributed by atoms with Gasteiger partial charge in [0.1, 0.15) is 0 Å². The highest BCUT2D eigenvalue weighted by Crippen LogP contribution is 2.33. The van der Waals surface area contributed by atoms with Gasteiger partial charge in [-0.1, -0.05) is 194 Å². The fraction of sp³-hybridized carbons (Fsp3) is 0. The Kier molecular flexibility index (Phi) is 10.4. The maximum Gasteiger partial charge on any atom is -0.00212 e. The lowest BCUT2D eigenvalue weighted by Gasteiger charge is -2.15. The van der Waals surface area contributed by atoms with E-state index in [1.54, 1.807) is 0 Å². The summed E-state index contributed by atoms with van der Waals surface area (Å²) in [5, 5.41) is 7.63. The molecule has 0 amide bonds. The highest BCUT2D eigenvalue weighted by Gasteiger charge is 2.13. The molecular formula is C44H36P2. The molecule has 8 aromatic rings. The van der Waals surface area contributed by atoms with Crippen LogP contribution in [0.4, 0.5) is 0 Å². The van der Waals surface area contributed by atoms with Crippen LogP contribution in [0.15, 0.2) is 194 Å². The molecular weight excluding hydrogens is 590 g/mol. The van der Waals surface area contributed by atoms with E-state index in [1.165, 1.54) is 65.5 Å². The number of hydrogen-bond donors (Lipinski definition) is 0. The molecule has 0 spiro atoms. The molecule has 2 unspecified atom stereocenters. The Morgan fingerprint density at radius 3 is 0.804 bits per heavy atom. The van der Waals surface area contributed by atoms with Crippen LogP contribution in [-0.2, 0) is 0 Å². The monoisotopic (exact) mass is 626 g/mol. The van der Waals surface area contributed by atoms with Gasteiger partial charge in [-0.25, -0.2) is 0 Å². The van der Waals surface area contributed by atoms with Crippen molar-refractivity contribution < 1.29 is 0 Å². The Hall–Kier alpha value is -4.86. The van der Waals surface area contributed by atoms with E-state index < -0.39 is 0 Å². The van der Waals surface area contributed by atoms with Gasteiger partial charge in [0, 0.05) is 0 Å². The SMILES string of the molecule is Pc1ccc2ccccc2c1-c1c(P)ccc2ccccc12.c1ccc(-c2ccccc2)cc1.c1ccc(-c2ccccc2)cc1. The lowest BCUT2D eigenvalue weighted by atomic mass is 9.94. The third kappa shape index (κ3) is 7.50. The van der Waals surface area contributed by atoms with Crippen molar-refractivity contribution in [2.45, 2.75) is 0 Å². The molecule has 46 heavy (non-hydrogen) atoms. The van der Waals surface area contributed by atoms with Crippen LogP contribution in [0.25, 0.3) is 54.9 Å². The molecule has 222 valence electrons. The smallest absolute Gasteiger partial charge is 0.00212 e. The molecule has 0 fully saturated rings. The number of fused-ring (bicyclic) bond motifs is 2. The zero-order valence-electron chi connectivity index (χ0n) is 25.6. The minimum absolute atomic E-state index is 1.23. The van der Waals surface area contributed by atoms with E-state index in [0.29, 0.717) is 0 Å². The van der Waals surface area contributed by atoms with Crippen molar-refractivity contribution >= 4 is 50.6 Å². The second-order valence-corrected chi connectivity index (χ2v) is 12.2. The molecule has 0 aliphatic rings. The fourth-order valence-electron chi connectivity index (χ4n) is 5.66. The van der Waals surface area contributed by atoms with Gasteiger partial charge in [0.25, 0.3) is 0 Å². The average molecular weight is 627 g/mol. The van der Waals surface area contributed by atoms with Crippen molar-refractivity contribution in [2.24, 2.45) is 0 Å². The molecule has 8 rings (SSSR count). The van der Waals surface area contributed by atoms with Crippen LogP contribution in [0.5, 0.6) is 0 Å². The third-order valence-corrected chi connectivity index (χ3v) is 8.90. The summed E-state index contributed by atoms with van der Waals surface area (Å²) in [4.78, 5) is 0. The van der Waals surface area contributed by atoms with Crippen LogP contribution in [0.1, 0.15) is 0 Å². The molecule has 8 aromatic carbocycles. The Morgan fingerprint density at radius 1 is 0.239 bits per heavy atom. The first kappa shape index (κ1) is 31.1. The predicted octanol–water partition coefficient (Wildman–Crippen LogP) is 11.4. The normalized spacial score (nSPS) is 10.4. The first-order valence-corrected chi connectivity index (χ1v) is 16.6. The Labute approximate surface area is 277 Å². The zero-order chi connectivity index (χ0) is 31.6. The quantitative estimate of drug-likeness (QED) is 0.171. The summed E-state index contributed by atoms with van der Waals surface area (Å²) in [6.07, 6.45) is 0. The molecule has 0 bridgehead atoms. The van der Waals surface area contributed by atoms with E-state index in [-0.39, 0.29) is 0 Å². The van der Waals surface area contributed by atoms with Gasteiger partial charge in [-0.2, -0.15) is 0 Å². The summed E-state index contributed by atoms with van der Waals surface area (Å²) in [6.45, 7) is 0. The summed E-state index contributed by atoms with van der Waals surface area (Å²) < 4.78 is 0. The maximum absolute atomic E-state index is 2.90. The molecule has 2 atom stereocenters. The second-order valence-electron chi connectivity index (χ2n) is 11.0. The van der Waals surface area contributed by atoms with Crippen molar-refractivity contribution in [2.75, 3.05) is 0 Å². The lowest BCUT2D eigenvalue weighted by molar-refractivity contribution is 1.62. The molecule has 2 heteroatoms. The van der Waals surface area contributed by atoms with Crippen molar-refractivity contribution in [3.63, 3.8) is 0 Å². The Morgan fingerprint density at radius 2 is 0.500 bits per heavy atom. The van der Waals surface area contributed by atoms with Crippen LogP contribution in [0, 0.1) is 0 Å². The van der Waals surface area contributed by atoms with Crippen LogP contribution >= 0.6 is 18.5 Å². The van der Waals surface area contributed by atoms with Gasteiger partial charge in [-0.3, -0.25) is 0 Å². The molecule has 0 saturated carbocycles. The predicted molar refractivity (Wildman–Crippen MR) is 209 cm³/mol. The van der Waals surface area contributed by atoms with Gasteiger partial charge < -0.3 is 0 Å². The summed E-state index contributed by atoms with van der Waals surface area (Å²) >= 11 is 0. The number of benzene rings is 8. The maximum atomic E-state index is 2.90. The average Bonchev–Trinajstić information content (AvgIpc) is 3.14. The van der Waals surface area contributed by atoms with Crippen LogP contribution in [-0.4, -0.2) is 0 Å². The molecule has 0 aromatic heterocycles. The number of rotatable bonds is 3. The topological polar surface area (TPSA) is 0 Å². The van der Waals surface area contributed by atoms with Crippen LogP contribution < -0.4 is 10.6 Å². The van der Waals surface area contributed by atoms with E-state index in [4.69, 9.17) is 0 Å². The molecule has 0 N–H and O–H groups in total. The van der Waals surface area contributed by atoms with Crippen LogP contribution in [0.3, 0.4) is 0 Å². The van der Waals surface area contributed by atoms with Gasteiger partial charge in [-0.15, -0.1) is 18.5 Å². The standard InChI is InChI=1S/C20H16P2.2C12H10/c21-17-11-9-13-5-1-3-7-15(13)19(17)20-16-8-4-2-6-14(16)10-12-18(20)22;2*1-3-7-11(8-4-1)12-9-5-2-6-10-12/h1-12H,21-22H2;2*1-10H. The van der Waals surface area contributed by atoms with Crippen molar-refractivity contribution in [3.8, 4) is 33.4 Å². The zero-order valence-corrected chi connectivity index (χ0v) is 27.9.